The quantitative estimate of drug-likeness (QED) is 0.725. The first-order valence-corrected chi connectivity index (χ1v) is 8.21. The maximum Gasteiger partial charge on any atom is 0.273 e. The van der Waals surface area contributed by atoms with Crippen LogP contribution in [0.3, 0.4) is 0 Å². The highest BCUT2D eigenvalue weighted by Gasteiger charge is 2.26. The molecule has 1 aromatic carbocycles. The lowest BCUT2D eigenvalue weighted by molar-refractivity contribution is 0.0921. The summed E-state index contributed by atoms with van der Waals surface area (Å²) >= 11 is 3.42. The summed E-state index contributed by atoms with van der Waals surface area (Å²) in [5.41, 5.74) is 1.80. The third-order valence-electron chi connectivity index (χ3n) is 3.99. The molecule has 1 amide bonds. The molecule has 2 aromatic rings. The molecule has 3 N–H and O–H groups in total. The van der Waals surface area contributed by atoms with Gasteiger partial charge in [0.1, 0.15) is 0 Å². The van der Waals surface area contributed by atoms with Gasteiger partial charge < -0.3 is 15.7 Å². The lowest BCUT2D eigenvalue weighted by Gasteiger charge is -2.13. The number of hydrogen-bond donors (Lipinski definition) is 3. The minimum Gasteiger partial charge on any atom is -0.391 e. The number of nitrogens with zero attached hydrogens (tertiary/aromatic N) is 3. The first-order valence-electron chi connectivity index (χ1n) is 7.41. The van der Waals surface area contributed by atoms with Gasteiger partial charge in [-0.2, -0.15) is 0 Å². The number of carbonyl (C=O) groups is 1. The maximum atomic E-state index is 12.3. The van der Waals surface area contributed by atoms with Crippen LogP contribution in [0.4, 0.5) is 0 Å². The predicted octanol–water partition coefficient (Wildman–Crippen LogP) is 0.648. The van der Waals surface area contributed by atoms with E-state index in [0.29, 0.717) is 31.0 Å². The van der Waals surface area contributed by atoms with Crippen LogP contribution in [0.1, 0.15) is 16.2 Å². The van der Waals surface area contributed by atoms with E-state index in [-0.39, 0.29) is 11.8 Å². The van der Waals surface area contributed by atoms with Gasteiger partial charge in [0.2, 0.25) is 0 Å². The average molecular weight is 380 g/mol. The summed E-state index contributed by atoms with van der Waals surface area (Å²) in [6.45, 7) is 3.49. The van der Waals surface area contributed by atoms with Gasteiger partial charge in [-0.25, -0.2) is 4.68 Å². The van der Waals surface area contributed by atoms with Crippen molar-refractivity contribution in [3.63, 3.8) is 0 Å². The number of halogens is 1. The molecule has 2 unspecified atom stereocenters. The third-order valence-corrected chi connectivity index (χ3v) is 4.48. The van der Waals surface area contributed by atoms with Crippen molar-refractivity contribution in [2.75, 3.05) is 19.6 Å². The Kier molecular flexibility index (Phi) is 4.74. The topological polar surface area (TPSA) is 92.1 Å². The van der Waals surface area contributed by atoms with Crippen LogP contribution < -0.4 is 10.6 Å². The monoisotopic (exact) mass is 379 g/mol. The molecule has 8 heteroatoms. The first kappa shape index (κ1) is 16.1. The molecular weight excluding hydrogens is 362 g/mol. The summed E-state index contributed by atoms with van der Waals surface area (Å²) < 4.78 is 2.56. The van der Waals surface area contributed by atoms with Gasteiger partial charge in [0.15, 0.2) is 5.69 Å². The molecule has 3 rings (SSSR count). The summed E-state index contributed by atoms with van der Waals surface area (Å²) in [4.78, 5) is 12.3. The number of benzene rings is 1. The van der Waals surface area contributed by atoms with Gasteiger partial charge in [-0.15, -0.1) is 5.10 Å². The summed E-state index contributed by atoms with van der Waals surface area (Å²) in [5.74, 6) is -0.248. The number of aliphatic hydroxyl groups excluding tert-OH is 1. The number of β-amino-alcohol motifs (C(OH)–C–C–N with tert-alkyl or cyclic N) is 1. The van der Waals surface area contributed by atoms with E-state index < -0.39 is 6.10 Å². The normalized spacial score (nSPS) is 20.7. The van der Waals surface area contributed by atoms with E-state index in [4.69, 9.17) is 0 Å². The van der Waals surface area contributed by atoms with Crippen LogP contribution >= 0.6 is 15.9 Å². The molecule has 23 heavy (non-hydrogen) atoms. The van der Waals surface area contributed by atoms with E-state index in [1.165, 1.54) is 0 Å². The number of carbonyl (C=O) groups excluding carboxylic acids is 1. The van der Waals surface area contributed by atoms with Crippen LogP contribution in [-0.2, 0) is 0 Å². The zero-order chi connectivity index (χ0) is 16.4. The van der Waals surface area contributed by atoms with Crippen LogP contribution in [0.25, 0.3) is 5.69 Å². The standard InChI is InChI=1S/C15H18BrN5O2/c1-9-14(15(23)18-7-10-6-17-8-13(10)22)19-20-21(9)12-4-2-3-11(16)5-12/h2-5,10,13,17,22H,6-8H2,1H3,(H,18,23). The number of nitrogens with one attached hydrogen (secondary N) is 2. The first-order chi connectivity index (χ1) is 11.1. The summed E-state index contributed by atoms with van der Waals surface area (Å²) in [6, 6.07) is 7.62. The molecule has 1 saturated heterocycles. The smallest absolute Gasteiger partial charge is 0.273 e. The molecule has 1 aromatic heterocycles. The van der Waals surface area contributed by atoms with Crippen molar-refractivity contribution in [2.24, 2.45) is 5.92 Å². The Hall–Kier alpha value is -1.77. The molecule has 1 fully saturated rings. The second-order valence-corrected chi connectivity index (χ2v) is 6.53. The molecule has 1 aliphatic heterocycles. The lowest BCUT2D eigenvalue weighted by atomic mass is 10.1. The highest BCUT2D eigenvalue weighted by molar-refractivity contribution is 9.10. The van der Waals surface area contributed by atoms with Crippen LogP contribution in [0.15, 0.2) is 28.7 Å². The van der Waals surface area contributed by atoms with Crippen molar-refractivity contribution in [3.05, 3.63) is 40.1 Å². The van der Waals surface area contributed by atoms with Gasteiger partial charge in [0.05, 0.1) is 17.5 Å². The van der Waals surface area contributed by atoms with Crippen LogP contribution in [-0.4, -0.2) is 51.7 Å². The minimum absolute atomic E-state index is 0.0272. The molecular formula is C15H18BrN5O2. The number of aromatic nitrogens is 3. The van der Waals surface area contributed by atoms with Gasteiger partial charge in [0.25, 0.3) is 5.91 Å². The van der Waals surface area contributed by atoms with Crippen molar-refractivity contribution in [1.82, 2.24) is 25.6 Å². The van der Waals surface area contributed by atoms with Gasteiger partial charge in [-0.1, -0.05) is 27.2 Å². The average Bonchev–Trinajstić information content (AvgIpc) is 3.11. The zero-order valence-electron chi connectivity index (χ0n) is 12.7. The van der Waals surface area contributed by atoms with E-state index in [1.54, 1.807) is 4.68 Å². The minimum atomic E-state index is -0.422. The number of rotatable bonds is 4. The second-order valence-electron chi connectivity index (χ2n) is 5.61. The third kappa shape index (κ3) is 3.44. The Labute approximate surface area is 142 Å². The highest BCUT2D eigenvalue weighted by Crippen LogP contribution is 2.17. The summed E-state index contributed by atoms with van der Waals surface area (Å²) in [6.07, 6.45) is -0.422. The zero-order valence-corrected chi connectivity index (χ0v) is 14.2. The van der Waals surface area contributed by atoms with Gasteiger partial charge in [-0.3, -0.25) is 4.79 Å². The number of hydrogen-bond acceptors (Lipinski definition) is 5. The van der Waals surface area contributed by atoms with Crippen molar-refractivity contribution >= 4 is 21.8 Å². The van der Waals surface area contributed by atoms with E-state index in [1.807, 2.05) is 31.2 Å². The summed E-state index contributed by atoms with van der Waals surface area (Å²) in [7, 11) is 0. The van der Waals surface area contributed by atoms with Crippen molar-refractivity contribution in [1.29, 1.82) is 0 Å². The Morgan fingerprint density at radius 2 is 2.35 bits per heavy atom. The molecule has 0 aliphatic carbocycles. The maximum absolute atomic E-state index is 12.3. The Balaban J connectivity index is 1.72. The number of aliphatic hydroxyl groups is 1. The van der Waals surface area contributed by atoms with Crippen LogP contribution in [0.5, 0.6) is 0 Å². The Morgan fingerprint density at radius 1 is 1.52 bits per heavy atom. The summed E-state index contributed by atoms with van der Waals surface area (Å²) in [5, 5.41) is 23.7. The predicted molar refractivity (Wildman–Crippen MR) is 88.5 cm³/mol. The fraction of sp³-hybridized carbons (Fsp3) is 0.400. The van der Waals surface area contributed by atoms with Crippen LogP contribution in [0, 0.1) is 12.8 Å². The molecule has 2 heterocycles. The largest absolute Gasteiger partial charge is 0.391 e. The van der Waals surface area contributed by atoms with E-state index in [9.17, 15) is 9.90 Å². The molecule has 0 radical (unpaired) electrons. The lowest BCUT2D eigenvalue weighted by Crippen LogP contribution is -2.34. The van der Waals surface area contributed by atoms with Crippen molar-refractivity contribution in [2.45, 2.75) is 13.0 Å². The van der Waals surface area contributed by atoms with Crippen molar-refractivity contribution in [3.8, 4) is 5.69 Å². The molecule has 0 bridgehead atoms. The van der Waals surface area contributed by atoms with E-state index >= 15 is 0 Å². The second kappa shape index (κ2) is 6.77. The molecule has 0 spiro atoms. The van der Waals surface area contributed by atoms with Gasteiger partial charge in [0, 0.05) is 30.0 Å². The van der Waals surface area contributed by atoms with E-state index in [0.717, 1.165) is 10.2 Å². The van der Waals surface area contributed by atoms with Crippen LogP contribution in [0.2, 0.25) is 0 Å². The van der Waals surface area contributed by atoms with E-state index in [2.05, 4.69) is 36.9 Å². The molecule has 122 valence electrons. The number of amides is 1. The van der Waals surface area contributed by atoms with Crippen molar-refractivity contribution < 1.29 is 9.90 Å². The SMILES string of the molecule is Cc1c(C(=O)NCC2CNCC2O)nnn1-c1cccc(Br)c1. The fourth-order valence-corrected chi connectivity index (χ4v) is 3.01. The fourth-order valence-electron chi connectivity index (χ4n) is 2.63. The van der Waals surface area contributed by atoms with Gasteiger partial charge >= 0.3 is 0 Å². The molecule has 2 atom stereocenters. The molecule has 1 aliphatic rings. The Bertz CT molecular complexity index is 718. The van der Waals surface area contributed by atoms with Gasteiger partial charge in [-0.05, 0) is 25.1 Å². The molecule has 0 saturated carbocycles. The highest BCUT2D eigenvalue weighted by atomic mass is 79.9. The Morgan fingerprint density at radius 3 is 3.04 bits per heavy atom. The molecule has 7 nitrogen and oxygen atoms in total.